The summed E-state index contributed by atoms with van der Waals surface area (Å²) in [6.45, 7) is 3.48. The first kappa shape index (κ1) is 18.7. The fourth-order valence-corrected chi connectivity index (χ4v) is 3.49. The molecule has 2 rings (SSSR count). The van der Waals surface area contributed by atoms with E-state index < -0.39 is 10.0 Å². The summed E-state index contributed by atoms with van der Waals surface area (Å²) in [5, 5.41) is 3.31. The first-order valence-corrected chi connectivity index (χ1v) is 9.32. The van der Waals surface area contributed by atoms with Crippen molar-refractivity contribution in [2.75, 3.05) is 5.32 Å². The Kier molecular flexibility index (Phi) is 5.87. The SMILES string of the molecule is CC(C)NS(=O)(=O)c1ccc(NC(=O)c2ccc(Cl)c(Cl)c2)cc1. The average molecular weight is 387 g/mol. The van der Waals surface area contributed by atoms with Crippen molar-refractivity contribution in [3.05, 3.63) is 58.1 Å². The predicted molar refractivity (Wildman–Crippen MR) is 96.3 cm³/mol. The van der Waals surface area contributed by atoms with Gasteiger partial charge in [0.05, 0.1) is 14.9 Å². The van der Waals surface area contributed by atoms with Crippen LogP contribution in [0, 0.1) is 0 Å². The van der Waals surface area contributed by atoms with Crippen LogP contribution in [0.25, 0.3) is 0 Å². The van der Waals surface area contributed by atoms with Crippen molar-refractivity contribution in [3.8, 4) is 0 Å². The van der Waals surface area contributed by atoms with E-state index in [1.807, 2.05) is 0 Å². The van der Waals surface area contributed by atoms with Crippen molar-refractivity contribution >= 4 is 44.8 Å². The van der Waals surface area contributed by atoms with Crippen molar-refractivity contribution in [3.63, 3.8) is 0 Å². The van der Waals surface area contributed by atoms with Crippen LogP contribution in [0.2, 0.25) is 10.0 Å². The normalized spacial score (nSPS) is 11.5. The van der Waals surface area contributed by atoms with E-state index >= 15 is 0 Å². The highest BCUT2D eigenvalue weighted by Gasteiger charge is 2.15. The van der Waals surface area contributed by atoms with Crippen LogP contribution in [-0.2, 0) is 10.0 Å². The number of halogens is 2. The number of carbonyl (C=O) groups is 1. The van der Waals surface area contributed by atoms with Gasteiger partial charge in [-0.15, -0.1) is 0 Å². The summed E-state index contributed by atoms with van der Waals surface area (Å²) < 4.78 is 26.6. The largest absolute Gasteiger partial charge is 0.322 e. The van der Waals surface area contributed by atoms with Gasteiger partial charge in [-0.25, -0.2) is 13.1 Å². The lowest BCUT2D eigenvalue weighted by Gasteiger charge is -2.10. The Labute approximate surface area is 151 Å². The second kappa shape index (κ2) is 7.53. The molecule has 0 atom stereocenters. The fourth-order valence-electron chi connectivity index (χ4n) is 1.94. The molecule has 0 aliphatic heterocycles. The van der Waals surface area contributed by atoms with Gasteiger partial charge in [-0.05, 0) is 56.3 Å². The molecule has 0 aliphatic rings. The molecule has 0 saturated heterocycles. The van der Waals surface area contributed by atoms with E-state index in [9.17, 15) is 13.2 Å². The molecule has 0 bridgehead atoms. The maximum Gasteiger partial charge on any atom is 0.255 e. The van der Waals surface area contributed by atoms with Gasteiger partial charge in [0, 0.05) is 17.3 Å². The molecule has 0 saturated carbocycles. The summed E-state index contributed by atoms with van der Waals surface area (Å²) in [6.07, 6.45) is 0. The molecule has 1 amide bonds. The van der Waals surface area contributed by atoms with Crippen LogP contribution >= 0.6 is 23.2 Å². The average Bonchev–Trinajstić information content (AvgIpc) is 2.49. The molecule has 0 radical (unpaired) electrons. The minimum absolute atomic E-state index is 0.128. The number of nitrogens with one attached hydrogen (secondary N) is 2. The molecule has 24 heavy (non-hydrogen) atoms. The number of carbonyl (C=O) groups excluding carboxylic acids is 1. The molecule has 128 valence electrons. The summed E-state index contributed by atoms with van der Waals surface area (Å²) in [6, 6.07) is 10.2. The molecule has 5 nitrogen and oxygen atoms in total. The summed E-state index contributed by atoms with van der Waals surface area (Å²) in [7, 11) is -3.56. The van der Waals surface area contributed by atoms with E-state index in [1.54, 1.807) is 19.9 Å². The molecule has 0 heterocycles. The van der Waals surface area contributed by atoms with Crippen molar-refractivity contribution < 1.29 is 13.2 Å². The van der Waals surface area contributed by atoms with Crippen LogP contribution < -0.4 is 10.0 Å². The van der Waals surface area contributed by atoms with E-state index in [4.69, 9.17) is 23.2 Å². The Morgan fingerprint density at radius 1 is 1.00 bits per heavy atom. The zero-order valence-corrected chi connectivity index (χ0v) is 15.3. The second-order valence-electron chi connectivity index (χ2n) is 5.38. The number of sulfonamides is 1. The first-order chi connectivity index (χ1) is 11.2. The molecule has 0 aliphatic carbocycles. The molecule has 0 unspecified atom stereocenters. The predicted octanol–water partition coefficient (Wildman–Crippen LogP) is 3.93. The van der Waals surface area contributed by atoms with E-state index in [-0.39, 0.29) is 21.9 Å². The third kappa shape index (κ3) is 4.70. The van der Waals surface area contributed by atoms with Gasteiger partial charge in [-0.2, -0.15) is 0 Å². The molecule has 0 spiro atoms. The monoisotopic (exact) mass is 386 g/mol. The van der Waals surface area contributed by atoms with Crippen LogP contribution in [-0.4, -0.2) is 20.4 Å². The fraction of sp³-hybridized carbons (Fsp3) is 0.188. The van der Waals surface area contributed by atoms with Gasteiger partial charge in [0.2, 0.25) is 10.0 Å². The van der Waals surface area contributed by atoms with Crippen molar-refractivity contribution in [2.45, 2.75) is 24.8 Å². The summed E-state index contributed by atoms with van der Waals surface area (Å²) >= 11 is 11.7. The molecule has 0 fully saturated rings. The minimum atomic E-state index is -3.56. The highest BCUT2D eigenvalue weighted by atomic mass is 35.5. The van der Waals surface area contributed by atoms with Crippen LogP contribution in [0.1, 0.15) is 24.2 Å². The van der Waals surface area contributed by atoms with Gasteiger partial charge in [0.25, 0.3) is 5.91 Å². The number of anilines is 1. The van der Waals surface area contributed by atoms with E-state index in [2.05, 4.69) is 10.0 Å². The van der Waals surface area contributed by atoms with Crippen molar-refractivity contribution in [2.24, 2.45) is 0 Å². The Balaban J connectivity index is 2.14. The van der Waals surface area contributed by atoms with Gasteiger partial charge in [-0.3, -0.25) is 4.79 Å². The number of hydrogen-bond donors (Lipinski definition) is 2. The van der Waals surface area contributed by atoms with Crippen LogP contribution in [0.3, 0.4) is 0 Å². The molecule has 0 aromatic heterocycles. The highest BCUT2D eigenvalue weighted by Crippen LogP contribution is 2.23. The Morgan fingerprint density at radius 2 is 1.62 bits per heavy atom. The lowest BCUT2D eigenvalue weighted by atomic mass is 10.2. The maximum absolute atomic E-state index is 12.2. The van der Waals surface area contributed by atoms with Crippen molar-refractivity contribution in [1.29, 1.82) is 0 Å². The molecule has 2 aromatic rings. The number of rotatable bonds is 5. The lowest BCUT2D eigenvalue weighted by Crippen LogP contribution is -2.30. The molecular formula is C16H16Cl2N2O3S. The zero-order valence-electron chi connectivity index (χ0n) is 13.0. The third-order valence-corrected chi connectivity index (χ3v) is 5.41. The van der Waals surface area contributed by atoms with Gasteiger partial charge in [0.1, 0.15) is 0 Å². The standard InChI is InChI=1S/C16H16Cl2N2O3S/c1-10(2)20-24(22,23)13-6-4-12(5-7-13)19-16(21)11-3-8-14(17)15(18)9-11/h3-10,20H,1-2H3,(H,19,21). The van der Waals surface area contributed by atoms with Gasteiger partial charge >= 0.3 is 0 Å². The maximum atomic E-state index is 12.2. The number of benzene rings is 2. The number of amides is 1. The Morgan fingerprint density at radius 3 is 2.17 bits per heavy atom. The highest BCUT2D eigenvalue weighted by molar-refractivity contribution is 7.89. The van der Waals surface area contributed by atoms with E-state index in [0.29, 0.717) is 16.3 Å². The Hall–Kier alpha value is -1.60. The first-order valence-electron chi connectivity index (χ1n) is 7.08. The third-order valence-electron chi connectivity index (χ3n) is 3.00. The lowest BCUT2D eigenvalue weighted by molar-refractivity contribution is 0.102. The van der Waals surface area contributed by atoms with Crippen molar-refractivity contribution in [1.82, 2.24) is 4.72 Å². The van der Waals surface area contributed by atoms with Gasteiger partial charge < -0.3 is 5.32 Å². The van der Waals surface area contributed by atoms with Gasteiger partial charge in [0.15, 0.2) is 0 Å². The number of hydrogen-bond acceptors (Lipinski definition) is 3. The zero-order chi connectivity index (χ0) is 17.9. The van der Waals surface area contributed by atoms with Crippen LogP contribution in [0.15, 0.2) is 47.4 Å². The summed E-state index contributed by atoms with van der Waals surface area (Å²) in [5.41, 5.74) is 0.817. The summed E-state index contributed by atoms with van der Waals surface area (Å²) in [5.74, 6) is -0.371. The van der Waals surface area contributed by atoms with Crippen LogP contribution in [0.4, 0.5) is 5.69 Å². The molecule has 2 N–H and O–H groups in total. The second-order valence-corrected chi connectivity index (χ2v) is 7.91. The van der Waals surface area contributed by atoms with Crippen LogP contribution in [0.5, 0.6) is 0 Å². The minimum Gasteiger partial charge on any atom is -0.322 e. The summed E-state index contributed by atoms with van der Waals surface area (Å²) in [4.78, 5) is 12.3. The quantitative estimate of drug-likeness (QED) is 0.816. The smallest absolute Gasteiger partial charge is 0.255 e. The molecule has 2 aromatic carbocycles. The Bertz CT molecular complexity index is 850. The van der Waals surface area contributed by atoms with Gasteiger partial charge in [-0.1, -0.05) is 23.2 Å². The molecule has 8 heteroatoms. The molecular weight excluding hydrogens is 371 g/mol. The van der Waals surface area contributed by atoms with E-state index in [0.717, 1.165) is 0 Å². The topological polar surface area (TPSA) is 75.3 Å². The van der Waals surface area contributed by atoms with E-state index in [1.165, 1.54) is 36.4 Å².